The van der Waals surface area contributed by atoms with E-state index < -0.39 is 0 Å². The first-order valence-electron chi connectivity index (χ1n) is 5.75. The molecule has 0 atom stereocenters. The van der Waals surface area contributed by atoms with Crippen LogP contribution in [0.25, 0.3) is 0 Å². The van der Waals surface area contributed by atoms with Gasteiger partial charge in [0.2, 0.25) is 6.41 Å². The number of nitrogens with zero attached hydrogens (tertiary/aromatic N) is 1. The van der Waals surface area contributed by atoms with Crippen molar-refractivity contribution in [3.8, 4) is 0 Å². The molecular formula is C14H13N3O2. The smallest absolute Gasteiger partial charge is 0.258 e. The minimum Gasteiger partial charge on any atom is -0.328 e. The molecule has 96 valence electrons. The number of pyridine rings is 1. The second kappa shape index (κ2) is 5.77. The Morgan fingerprint density at radius 3 is 2.68 bits per heavy atom. The molecule has 0 aliphatic carbocycles. The van der Waals surface area contributed by atoms with Crippen molar-refractivity contribution in [3.63, 3.8) is 0 Å². The van der Waals surface area contributed by atoms with Crippen LogP contribution in [0.3, 0.4) is 0 Å². The number of hydrogen-bond donors (Lipinski definition) is 2. The molecule has 0 unspecified atom stereocenters. The van der Waals surface area contributed by atoms with E-state index in [2.05, 4.69) is 15.6 Å². The third-order valence-electron chi connectivity index (χ3n) is 2.52. The molecule has 1 aromatic carbocycles. The molecule has 0 radical (unpaired) electrons. The molecule has 2 amide bonds. The number of hydrogen-bond acceptors (Lipinski definition) is 3. The van der Waals surface area contributed by atoms with Crippen molar-refractivity contribution in [2.24, 2.45) is 0 Å². The Bertz CT molecular complexity index is 611. The third-order valence-corrected chi connectivity index (χ3v) is 2.52. The second-order valence-corrected chi connectivity index (χ2v) is 3.93. The molecule has 5 heteroatoms. The topological polar surface area (TPSA) is 71.1 Å². The lowest BCUT2D eigenvalue weighted by atomic mass is 10.1. The van der Waals surface area contributed by atoms with Crippen LogP contribution in [0.4, 0.5) is 11.5 Å². The highest BCUT2D eigenvalue weighted by molar-refractivity contribution is 6.08. The molecule has 5 nitrogen and oxygen atoms in total. The number of carbonyl (C=O) groups excluding carboxylic acids is 2. The van der Waals surface area contributed by atoms with Crippen molar-refractivity contribution in [2.75, 3.05) is 10.6 Å². The number of anilines is 2. The highest BCUT2D eigenvalue weighted by atomic mass is 16.2. The van der Waals surface area contributed by atoms with Crippen LogP contribution >= 0.6 is 0 Å². The Balaban J connectivity index is 2.22. The lowest BCUT2D eigenvalue weighted by Crippen LogP contribution is -2.15. The molecule has 0 bridgehead atoms. The highest BCUT2D eigenvalue weighted by Crippen LogP contribution is 2.16. The summed E-state index contributed by atoms with van der Waals surface area (Å²) in [6.45, 7) is 1.84. The number of aryl methyl sites for hydroxylation is 1. The predicted octanol–water partition coefficient (Wildman–Crippen LogP) is 2.21. The fraction of sp³-hybridized carbons (Fsp3) is 0.0714. The fourth-order valence-corrected chi connectivity index (χ4v) is 1.67. The van der Waals surface area contributed by atoms with Crippen molar-refractivity contribution in [1.82, 2.24) is 4.98 Å². The van der Waals surface area contributed by atoms with Crippen LogP contribution in [0.5, 0.6) is 0 Å². The summed E-state index contributed by atoms with van der Waals surface area (Å²) in [5.74, 6) is 0.161. The molecule has 2 N–H and O–H groups in total. The minimum absolute atomic E-state index is 0.317. The van der Waals surface area contributed by atoms with Crippen molar-refractivity contribution in [2.45, 2.75) is 6.92 Å². The van der Waals surface area contributed by atoms with E-state index in [-0.39, 0.29) is 5.91 Å². The number of carbonyl (C=O) groups is 2. The Kier molecular flexibility index (Phi) is 3.87. The van der Waals surface area contributed by atoms with E-state index in [0.29, 0.717) is 23.5 Å². The largest absolute Gasteiger partial charge is 0.328 e. The maximum Gasteiger partial charge on any atom is 0.258 e. The molecule has 0 fully saturated rings. The zero-order valence-electron chi connectivity index (χ0n) is 10.4. The van der Waals surface area contributed by atoms with Gasteiger partial charge in [-0.2, -0.15) is 0 Å². The summed E-state index contributed by atoms with van der Waals surface area (Å²) in [6.07, 6.45) is 0.539. The Morgan fingerprint density at radius 2 is 1.95 bits per heavy atom. The van der Waals surface area contributed by atoms with E-state index in [1.54, 1.807) is 30.3 Å². The van der Waals surface area contributed by atoms with Crippen LogP contribution < -0.4 is 10.6 Å². The first kappa shape index (κ1) is 12.8. The van der Waals surface area contributed by atoms with Crippen molar-refractivity contribution >= 4 is 23.8 Å². The van der Waals surface area contributed by atoms with E-state index in [9.17, 15) is 9.59 Å². The standard InChI is InChI=1S/C14H13N3O2/c1-10-5-4-8-13(16-10)17-14(19)11-6-2-3-7-12(11)15-9-18/h2-9H,1H3,(H,15,18)(H,16,17,19). The second-order valence-electron chi connectivity index (χ2n) is 3.93. The molecule has 2 rings (SSSR count). The van der Waals surface area contributed by atoms with Gasteiger partial charge in [-0.25, -0.2) is 4.98 Å². The van der Waals surface area contributed by atoms with Crippen LogP contribution in [-0.2, 0) is 4.79 Å². The molecular weight excluding hydrogens is 242 g/mol. The molecule has 0 saturated carbocycles. The van der Waals surface area contributed by atoms with Gasteiger partial charge >= 0.3 is 0 Å². The summed E-state index contributed by atoms with van der Waals surface area (Å²) >= 11 is 0. The van der Waals surface area contributed by atoms with Crippen LogP contribution in [-0.4, -0.2) is 17.3 Å². The average Bonchev–Trinajstić information content (AvgIpc) is 2.39. The van der Waals surface area contributed by atoms with Gasteiger partial charge in [-0.3, -0.25) is 9.59 Å². The Labute approximate surface area is 110 Å². The zero-order chi connectivity index (χ0) is 13.7. The van der Waals surface area contributed by atoms with Gasteiger partial charge in [0.05, 0.1) is 11.3 Å². The van der Waals surface area contributed by atoms with Gasteiger partial charge in [-0.1, -0.05) is 18.2 Å². The van der Waals surface area contributed by atoms with Gasteiger partial charge in [-0.05, 0) is 31.2 Å². The summed E-state index contributed by atoms with van der Waals surface area (Å²) in [4.78, 5) is 26.8. The molecule has 1 heterocycles. The van der Waals surface area contributed by atoms with E-state index >= 15 is 0 Å². The summed E-state index contributed by atoms with van der Waals surface area (Å²) in [6, 6.07) is 12.1. The maximum absolute atomic E-state index is 12.1. The van der Waals surface area contributed by atoms with E-state index in [4.69, 9.17) is 0 Å². The number of nitrogens with one attached hydrogen (secondary N) is 2. The highest BCUT2D eigenvalue weighted by Gasteiger charge is 2.11. The maximum atomic E-state index is 12.1. The molecule has 19 heavy (non-hydrogen) atoms. The average molecular weight is 255 g/mol. The normalized spacial score (nSPS) is 9.74. The lowest BCUT2D eigenvalue weighted by molar-refractivity contribution is -0.105. The van der Waals surface area contributed by atoms with Crippen LogP contribution in [0, 0.1) is 6.92 Å². The molecule has 0 spiro atoms. The summed E-state index contributed by atoms with van der Waals surface area (Å²) in [7, 11) is 0. The van der Waals surface area contributed by atoms with Gasteiger partial charge < -0.3 is 10.6 Å². The van der Waals surface area contributed by atoms with Crippen LogP contribution in [0.2, 0.25) is 0 Å². The zero-order valence-corrected chi connectivity index (χ0v) is 10.4. The van der Waals surface area contributed by atoms with Gasteiger partial charge in [0.25, 0.3) is 5.91 Å². The first-order chi connectivity index (χ1) is 9.20. The van der Waals surface area contributed by atoms with E-state index in [1.807, 2.05) is 19.1 Å². The van der Waals surface area contributed by atoms with Gasteiger partial charge in [0.1, 0.15) is 5.82 Å². The number of rotatable bonds is 4. The molecule has 0 aliphatic rings. The van der Waals surface area contributed by atoms with E-state index in [0.717, 1.165) is 5.69 Å². The first-order valence-corrected chi connectivity index (χ1v) is 5.75. The summed E-state index contributed by atoms with van der Waals surface area (Å²) in [5.41, 5.74) is 1.66. The van der Waals surface area contributed by atoms with Crippen molar-refractivity contribution < 1.29 is 9.59 Å². The Hall–Kier alpha value is -2.69. The molecule has 0 aliphatic heterocycles. The Morgan fingerprint density at radius 1 is 1.16 bits per heavy atom. The number of aromatic nitrogens is 1. The SMILES string of the molecule is Cc1cccc(NC(=O)c2ccccc2NC=O)n1. The molecule has 0 saturated heterocycles. The van der Waals surface area contributed by atoms with Gasteiger partial charge in [0.15, 0.2) is 0 Å². The number of amides is 2. The summed E-state index contributed by atoms with van der Waals surface area (Å²) in [5, 5.41) is 5.18. The monoisotopic (exact) mass is 255 g/mol. The fourth-order valence-electron chi connectivity index (χ4n) is 1.67. The van der Waals surface area contributed by atoms with Crippen molar-refractivity contribution in [3.05, 3.63) is 53.7 Å². The van der Waals surface area contributed by atoms with Crippen molar-refractivity contribution in [1.29, 1.82) is 0 Å². The van der Waals surface area contributed by atoms with Crippen LogP contribution in [0.15, 0.2) is 42.5 Å². The quantitative estimate of drug-likeness (QED) is 0.823. The van der Waals surface area contributed by atoms with E-state index in [1.165, 1.54) is 0 Å². The van der Waals surface area contributed by atoms with Gasteiger partial charge in [0, 0.05) is 5.69 Å². The lowest BCUT2D eigenvalue weighted by Gasteiger charge is -2.08. The van der Waals surface area contributed by atoms with Gasteiger partial charge in [-0.15, -0.1) is 0 Å². The minimum atomic E-state index is -0.317. The number of para-hydroxylation sites is 1. The molecule has 1 aromatic heterocycles. The number of benzene rings is 1. The van der Waals surface area contributed by atoms with Crippen LogP contribution in [0.1, 0.15) is 16.1 Å². The third kappa shape index (κ3) is 3.16. The predicted molar refractivity (Wildman–Crippen MR) is 73.1 cm³/mol. The summed E-state index contributed by atoms with van der Waals surface area (Å²) < 4.78 is 0. The molecule has 2 aromatic rings.